The zero-order valence-electron chi connectivity index (χ0n) is 19.0. The van der Waals surface area contributed by atoms with Crippen LogP contribution >= 0.6 is 23.4 Å². The third kappa shape index (κ3) is 7.28. The molecule has 1 aliphatic carbocycles. The molecule has 4 nitrogen and oxygen atoms in total. The van der Waals surface area contributed by atoms with Crippen LogP contribution in [-0.2, 0) is 21.9 Å². The van der Waals surface area contributed by atoms with Gasteiger partial charge in [0.2, 0.25) is 11.8 Å². The number of carbonyl (C=O) groups is 2. The highest BCUT2D eigenvalue weighted by molar-refractivity contribution is 7.99. The van der Waals surface area contributed by atoms with Gasteiger partial charge in [-0.25, -0.2) is 0 Å². The van der Waals surface area contributed by atoms with Crippen LogP contribution in [0, 0.1) is 6.92 Å². The first kappa shape index (κ1) is 24.7. The Morgan fingerprint density at radius 3 is 2.31 bits per heavy atom. The Morgan fingerprint density at radius 1 is 1.06 bits per heavy atom. The fourth-order valence-electron chi connectivity index (χ4n) is 4.10. The van der Waals surface area contributed by atoms with Gasteiger partial charge in [0.15, 0.2) is 0 Å². The highest BCUT2D eigenvalue weighted by Gasteiger charge is 2.30. The maximum atomic E-state index is 13.3. The average molecular weight is 473 g/mol. The molecule has 32 heavy (non-hydrogen) atoms. The second kappa shape index (κ2) is 12.3. The van der Waals surface area contributed by atoms with E-state index >= 15 is 0 Å². The number of halogens is 1. The van der Waals surface area contributed by atoms with Gasteiger partial charge in [-0.1, -0.05) is 73.3 Å². The van der Waals surface area contributed by atoms with Crippen molar-refractivity contribution in [2.24, 2.45) is 0 Å². The van der Waals surface area contributed by atoms with Crippen LogP contribution in [-0.4, -0.2) is 34.6 Å². The van der Waals surface area contributed by atoms with Crippen molar-refractivity contribution < 1.29 is 9.59 Å². The third-order valence-corrected chi connectivity index (χ3v) is 7.21. The summed E-state index contributed by atoms with van der Waals surface area (Å²) in [6.07, 6.45) is 4.95. The summed E-state index contributed by atoms with van der Waals surface area (Å²) < 4.78 is 0. The molecule has 0 aromatic heterocycles. The molecule has 0 aliphatic heterocycles. The standard InChI is InChI=1S/C26H33ClN2O2S/c1-3-24(26(31)28-23-6-4-5-7-23)29(16-20-12-14-22(27)15-13-20)25(30)18-32-17-21-10-8-19(2)9-11-21/h8-15,23-24H,3-7,16-18H2,1-2H3,(H,28,31)/t24-/m1/s1. The van der Waals surface area contributed by atoms with E-state index in [1.807, 2.05) is 31.2 Å². The molecule has 1 N–H and O–H groups in total. The summed E-state index contributed by atoms with van der Waals surface area (Å²) in [6, 6.07) is 15.6. The lowest BCUT2D eigenvalue weighted by atomic mass is 10.1. The van der Waals surface area contributed by atoms with Crippen molar-refractivity contribution in [2.45, 2.75) is 70.3 Å². The molecular weight excluding hydrogens is 440 g/mol. The van der Waals surface area contributed by atoms with E-state index in [2.05, 4.69) is 36.5 Å². The highest BCUT2D eigenvalue weighted by atomic mass is 35.5. The van der Waals surface area contributed by atoms with Crippen molar-refractivity contribution in [2.75, 3.05) is 5.75 Å². The predicted molar refractivity (Wildman–Crippen MR) is 134 cm³/mol. The molecule has 2 amide bonds. The first-order valence-electron chi connectivity index (χ1n) is 11.4. The minimum atomic E-state index is -0.473. The van der Waals surface area contributed by atoms with Crippen molar-refractivity contribution in [3.05, 3.63) is 70.2 Å². The van der Waals surface area contributed by atoms with Gasteiger partial charge >= 0.3 is 0 Å². The number of nitrogens with one attached hydrogen (secondary N) is 1. The van der Waals surface area contributed by atoms with Gasteiger partial charge in [-0.3, -0.25) is 9.59 Å². The lowest BCUT2D eigenvalue weighted by Crippen LogP contribution is -2.51. The third-order valence-electron chi connectivity index (χ3n) is 5.97. The zero-order valence-corrected chi connectivity index (χ0v) is 20.6. The lowest BCUT2D eigenvalue weighted by molar-refractivity contribution is -0.139. The van der Waals surface area contributed by atoms with Gasteiger partial charge in [-0.15, -0.1) is 11.8 Å². The van der Waals surface area contributed by atoms with Crippen LogP contribution in [0.1, 0.15) is 55.7 Å². The molecule has 0 radical (unpaired) electrons. The van der Waals surface area contributed by atoms with E-state index in [9.17, 15) is 9.59 Å². The molecule has 2 aromatic rings. The summed E-state index contributed by atoms with van der Waals surface area (Å²) >= 11 is 7.62. The quantitative estimate of drug-likeness (QED) is 0.479. The first-order valence-corrected chi connectivity index (χ1v) is 13.0. The largest absolute Gasteiger partial charge is 0.352 e. The molecule has 1 fully saturated rings. The van der Waals surface area contributed by atoms with E-state index < -0.39 is 6.04 Å². The van der Waals surface area contributed by atoms with Gasteiger partial charge in [0.05, 0.1) is 5.75 Å². The normalized spacial score (nSPS) is 14.8. The van der Waals surface area contributed by atoms with Gasteiger partial charge in [-0.2, -0.15) is 0 Å². The fourth-order valence-corrected chi connectivity index (χ4v) is 5.09. The first-order chi connectivity index (χ1) is 15.5. The van der Waals surface area contributed by atoms with E-state index in [1.165, 1.54) is 11.1 Å². The van der Waals surface area contributed by atoms with Crippen LogP contribution < -0.4 is 5.32 Å². The number of benzene rings is 2. The molecule has 2 aromatic carbocycles. The number of aryl methyl sites for hydroxylation is 1. The fraction of sp³-hybridized carbons (Fsp3) is 0.462. The minimum absolute atomic E-state index is 0.00881. The highest BCUT2D eigenvalue weighted by Crippen LogP contribution is 2.21. The van der Waals surface area contributed by atoms with Crippen molar-refractivity contribution in [1.29, 1.82) is 0 Å². The van der Waals surface area contributed by atoms with Crippen LogP contribution in [0.15, 0.2) is 48.5 Å². The zero-order chi connectivity index (χ0) is 22.9. The molecule has 1 atom stereocenters. The second-order valence-electron chi connectivity index (χ2n) is 8.54. The van der Waals surface area contributed by atoms with Gasteiger partial charge in [0.1, 0.15) is 6.04 Å². The Labute approximate surface area is 201 Å². The number of rotatable bonds is 10. The van der Waals surface area contributed by atoms with Gasteiger partial charge < -0.3 is 10.2 Å². The van der Waals surface area contributed by atoms with Gasteiger partial charge in [0.25, 0.3) is 0 Å². The van der Waals surface area contributed by atoms with E-state index in [4.69, 9.17) is 11.6 Å². The summed E-state index contributed by atoms with van der Waals surface area (Å²) in [5.74, 6) is 1.07. The molecule has 6 heteroatoms. The number of hydrogen-bond acceptors (Lipinski definition) is 3. The minimum Gasteiger partial charge on any atom is -0.352 e. The number of nitrogens with zero attached hydrogens (tertiary/aromatic N) is 1. The maximum absolute atomic E-state index is 13.3. The van der Waals surface area contributed by atoms with Crippen LogP contribution in [0.25, 0.3) is 0 Å². The Bertz CT molecular complexity index is 880. The molecular formula is C26H33ClN2O2S. The Hall–Kier alpha value is -1.98. The molecule has 1 saturated carbocycles. The molecule has 0 heterocycles. The average Bonchev–Trinajstić information content (AvgIpc) is 3.29. The molecule has 1 aliphatic rings. The number of amides is 2. The Kier molecular flexibility index (Phi) is 9.49. The second-order valence-corrected chi connectivity index (χ2v) is 9.96. The van der Waals surface area contributed by atoms with Crippen molar-refractivity contribution in [1.82, 2.24) is 10.2 Å². The molecule has 0 unspecified atom stereocenters. The van der Waals surface area contributed by atoms with Crippen molar-refractivity contribution in [3.8, 4) is 0 Å². The molecule has 172 valence electrons. The van der Waals surface area contributed by atoms with E-state index in [0.29, 0.717) is 23.7 Å². The monoisotopic (exact) mass is 472 g/mol. The van der Waals surface area contributed by atoms with E-state index in [0.717, 1.165) is 37.0 Å². The van der Waals surface area contributed by atoms with Crippen LogP contribution in [0.2, 0.25) is 5.02 Å². The summed E-state index contributed by atoms with van der Waals surface area (Å²) in [5.41, 5.74) is 3.39. The van der Waals surface area contributed by atoms with Crippen molar-refractivity contribution >= 4 is 35.2 Å². The number of thioether (sulfide) groups is 1. The SMILES string of the molecule is CC[C@H](C(=O)NC1CCCC1)N(Cc1ccc(Cl)cc1)C(=O)CSCc1ccc(C)cc1. The number of carbonyl (C=O) groups excluding carboxylic acids is 2. The summed E-state index contributed by atoms with van der Waals surface area (Å²) in [5, 5.41) is 3.85. The Balaban J connectivity index is 1.68. The van der Waals surface area contributed by atoms with Crippen LogP contribution in [0.4, 0.5) is 0 Å². The maximum Gasteiger partial charge on any atom is 0.243 e. The molecule has 0 spiro atoms. The summed E-state index contributed by atoms with van der Waals surface area (Å²) in [7, 11) is 0. The van der Waals surface area contributed by atoms with Gasteiger partial charge in [0, 0.05) is 23.4 Å². The predicted octanol–water partition coefficient (Wildman–Crippen LogP) is 5.75. The summed E-state index contributed by atoms with van der Waals surface area (Å²) in [4.78, 5) is 28.2. The summed E-state index contributed by atoms with van der Waals surface area (Å²) in [6.45, 7) is 4.44. The van der Waals surface area contributed by atoms with Gasteiger partial charge in [-0.05, 0) is 49.4 Å². The molecule has 3 rings (SSSR count). The van der Waals surface area contributed by atoms with E-state index in [-0.39, 0.29) is 17.9 Å². The molecule has 0 bridgehead atoms. The van der Waals surface area contributed by atoms with E-state index in [1.54, 1.807) is 16.7 Å². The number of hydrogen-bond donors (Lipinski definition) is 1. The van der Waals surface area contributed by atoms with Crippen molar-refractivity contribution in [3.63, 3.8) is 0 Å². The Morgan fingerprint density at radius 2 is 1.69 bits per heavy atom. The topological polar surface area (TPSA) is 49.4 Å². The van der Waals surface area contributed by atoms with Crippen LogP contribution in [0.3, 0.4) is 0 Å². The lowest BCUT2D eigenvalue weighted by Gasteiger charge is -2.31. The van der Waals surface area contributed by atoms with Crippen LogP contribution in [0.5, 0.6) is 0 Å². The molecule has 0 saturated heterocycles. The smallest absolute Gasteiger partial charge is 0.243 e.